The Balaban J connectivity index is 3.24. The van der Waals surface area contributed by atoms with Gasteiger partial charge >= 0.3 is 5.82 Å². The summed E-state index contributed by atoms with van der Waals surface area (Å²) >= 11 is 0. The largest absolute Gasteiger partial charge is 0.396 e. The van der Waals surface area contributed by atoms with E-state index in [4.69, 9.17) is 16.6 Å². The molecule has 14 heavy (non-hydrogen) atoms. The first kappa shape index (κ1) is 10.2. The van der Waals surface area contributed by atoms with Gasteiger partial charge in [0.2, 0.25) is 0 Å². The molecule has 0 aliphatic heterocycles. The molecular weight excluding hydrogens is 188 g/mol. The molecule has 0 atom stereocenters. The van der Waals surface area contributed by atoms with Crippen LogP contribution in [0.3, 0.4) is 0 Å². The normalized spacial score (nSPS) is 10.1. The Morgan fingerprint density at radius 2 is 2.21 bits per heavy atom. The fraction of sp³-hybridized carbons (Fsp3) is 0.286. The second-order valence-corrected chi connectivity index (χ2v) is 2.68. The van der Waals surface area contributed by atoms with Crippen LogP contribution in [0.5, 0.6) is 0 Å². The Morgan fingerprint density at radius 3 is 2.71 bits per heavy atom. The summed E-state index contributed by atoms with van der Waals surface area (Å²) in [5.41, 5.74) is 11.2. The highest BCUT2D eigenvalue weighted by atomic mass is 16.6. The molecule has 0 bridgehead atoms. The molecule has 7 nitrogen and oxygen atoms in total. The summed E-state index contributed by atoms with van der Waals surface area (Å²) in [6.07, 6.45) is 0.133. The number of rotatable bonds is 3. The van der Waals surface area contributed by atoms with Gasteiger partial charge in [-0.1, -0.05) is 0 Å². The SMILES string of the molecule is Nc1cc(CCO)c([N+](=O)[O-])nc1N. The standard InChI is InChI=1S/C7H10N4O3/c8-5-3-4(1-2-12)7(11(13)14)10-6(5)9/h3,12H,1-2,8H2,(H2,9,10). The van der Waals surface area contributed by atoms with Crippen molar-refractivity contribution in [2.45, 2.75) is 6.42 Å². The molecule has 0 aliphatic rings. The molecule has 0 unspecified atom stereocenters. The lowest BCUT2D eigenvalue weighted by atomic mass is 10.2. The van der Waals surface area contributed by atoms with E-state index in [0.29, 0.717) is 0 Å². The molecule has 0 fully saturated rings. The van der Waals surface area contributed by atoms with Crippen LogP contribution in [0.2, 0.25) is 0 Å². The van der Waals surface area contributed by atoms with Gasteiger partial charge in [0, 0.05) is 13.0 Å². The third kappa shape index (κ3) is 1.88. The monoisotopic (exact) mass is 198 g/mol. The van der Waals surface area contributed by atoms with E-state index >= 15 is 0 Å². The first-order chi connectivity index (χ1) is 6.56. The molecule has 1 aromatic heterocycles. The molecule has 0 amide bonds. The van der Waals surface area contributed by atoms with E-state index in [1.807, 2.05) is 0 Å². The highest BCUT2D eigenvalue weighted by molar-refractivity contribution is 5.62. The molecule has 1 heterocycles. The van der Waals surface area contributed by atoms with Crippen molar-refractivity contribution >= 4 is 17.3 Å². The summed E-state index contributed by atoms with van der Waals surface area (Å²) in [5, 5.41) is 19.2. The predicted octanol–water partition coefficient (Wildman–Crippen LogP) is -0.311. The van der Waals surface area contributed by atoms with Gasteiger partial charge in [-0.2, -0.15) is 0 Å². The number of aliphatic hydroxyl groups is 1. The van der Waals surface area contributed by atoms with E-state index in [9.17, 15) is 10.1 Å². The number of aliphatic hydroxyl groups excluding tert-OH is 1. The summed E-state index contributed by atoms with van der Waals surface area (Å²) in [7, 11) is 0. The summed E-state index contributed by atoms with van der Waals surface area (Å²) in [6, 6.07) is 1.36. The van der Waals surface area contributed by atoms with Gasteiger partial charge < -0.3 is 26.7 Å². The lowest BCUT2D eigenvalue weighted by molar-refractivity contribution is -0.390. The maximum atomic E-state index is 10.5. The second kappa shape index (κ2) is 3.88. The number of nitrogen functional groups attached to an aromatic ring is 2. The fourth-order valence-electron chi connectivity index (χ4n) is 1.04. The zero-order chi connectivity index (χ0) is 10.7. The van der Waals surface area contributed by atoms with Crippen molar-refractivity contribution in [3.8, 4) is 0 Å². The average molecular weight is 198 g/mol. The van der Waals surface area contributed by atoms with E-state index in [2.05, 4.69) is 4.98 Å². The van der Waals surface area contributed by atoms with Crippen molar-refractivity contribution in [2.75, 3.05) is 18.1 Å². The molecule has 1 rings (SSSR count). The van der Waals surface area contributed by atoms with Gasteiger partial charge in [0.1, 0.15) is 5.69 Å². The number of nitrogens with two attached hydrogens (primary N) is 2. The van der Waals surface area contributed by atoms with Crippen molar-refractivity contribution in [1.29, 1.82) is 0 Å². The Hall–Kier alpha value is -1.89. The first-order valence-corrected chi connectivity index (χ1v) is 3.86. The molecule has 0 spiro atoms. The molecule has 1 aromatic rings. The minimum Gasteiger partial charge on any atom is -0.396 e. The van der Waals surface area contributed by atoms with Crippen molar-refractivity contribution in [1.82, 2.24) is 4.98 Å². The van der Waals surface area contributed by atoms with Crippen LogP contribution in [-0.2, 0) is 6.42 Å². The lowest BCUT2D eigenvalue weighted by Crippen LogP contribution is -2.06. The smallest absolute Gasteiger partial charge is 0.369 e. The van der Waals surface area contributed by atoms with Gasteiger partial charge in [-0.15, -0.1) is 0 Å². The van der Waals surface area contributed by atoms with E-state index in [1.54, 1.807) is 0 Å². The van der Waals surface area contributed by atoms with Crippen LogP contribution < -0.4 is 11.5 Å². The van der Waals surface area contributed by atoms with Crippen molar-refractivity contribution in [3.63, 3.8) is 0 Å². The first-order valence-electron chi connectivity index (χ1n) is 3.86. The number of nitro groups is 1. The van der Waals surface area contributed by atoms with E-state index in [1.165, 1.54) is 6.07 Å². The molecule has 0 saturated heterocycles. The lowest BCUT2D eigenvalue weighted by Gasteiger charge is -2.02. The van der Waals surface area contributed by atoms with Crippen molar-refractivity contribution in [3.05, 3.63) is 21.7 Å². The number of hydrogen-bond donors (Lipinski definition) is 3. The summed E-state index contributed by atoms with van der Waals surface area (Å²) < 4.78 is 0. The van der Waals surface area contributed by atoms with Gasteiger partial charge in [-0.25, -0.2) is 0 Å². The topological polar surface area (TPSA) is 128 Å². The summed E-state index contributed by atoms with van der Waals surface area (Å²) in [4.78, 5) is 13.4. The number of anilines is 2. The second-order valence-electron chi connectivity index (χ2n) is 2.68. The van der Waals surface area contributed by atoms with Crippen molar-refractivity contribution in [2.24, 2.45) is 0 Å². The van der Waals surface area contributed by atoms with Gasteiger partial charge in [0.05, 0.1) is 5.56 Å². The van der Waals surface area contributed by atoms with E-state index in [0.717, 1.165) is 0 Å². The van der Waals surface area contributed by atoms with Gasteiger partial charge in [0.15, 0.2) is 0 Å². The van der Waals surface area contributed by atoms with Crippen molar-refractivity contribution < 1.29 is 10.0 Å². The summed E-state index contributed by atoms with van der Waals surface area (Å²) in [6.45, 7) is -0.203. The van der Waals surface area contributed by atoms with Crippen LogP contribution in [0, 0.1) is 10.1 Å². The maximum absolute atomic E-state index is 10.5. The molecule has 7 heteroatoms. The van der Waals surface area contributed by atoms with Crippen LogP contribution in [0.1, 0.15) is 5.56 Å². The highest BCUT2D eigenvalue weighted by Gasteiger charge is 2.18. The number of nitrogens with zero attached hydrogens (tertiary/aromatic N) is 2. The Morgan fingerprint density at radius 1 is 1.57 bits per heavy atom. The summed E-state index contributed by atoms with van der Waals surface area (Å²) in [5.74, 6) is -0.427. The van der Waals surface area contributed by atoms with Gasteiger partial charge in [-0.05, 0) is 16.0 Å². The molecule has 5 N–H and O–H groups in total. The average Bonchev–Trinajstić information content (AvgIpc) is 2.11. The Labute approximate surface area is 79.5 Å². The fourth-order valence-corrected chi connectivity index (χ4v) is 1.04. The molecule has 0 aliphatic carbocycles. The maximum Gasteiger partial charge on any atom is 0.369 e. The highest BCUT2D eigenvalue weighted by Crippen LogP contribution is 2.22. The molecule has 0 saturated carbocycles. The van der Waals surface area contributed by atoms with Crippen LogP contribution in [0.4, 0.5) is 17.3 Å². The molecular formula is C7H10N4O3. The van der Waals surface area contributed by atoms with Gasteiger partial charge in [-0.3, -0.25) is 0 Å². The Bertz CT molecular complexity index is 366. The zero-order valence-electron chi connectivity index (χ0n) is 7.30. The third-order valence-electron chi connectivity index (χ3n) is 1.69. The molecule has 0 aromatic carbocycles. The Kier molecular flexibility index (Phi) is 2.82. The van der Waals surface area contributed by atoms with E-state index in [-0.39, 0.29) is 35.9 Å². The number of hydrogen-bond acceptors (Lipinski definition) is 6. The van der Waals surface area contributed by atoms with Gasteiger partial charge in [0.25, 0.3) is 5.82 Å². The predicted molar refractivity (Wildman–Crippen MR) is 50.5 cm³/mol. The minimum absolute atomic E-state index is 0.0709. The van der Waals surface area contributed by atoms with Crippen LogP contribution in [0.15, 0.2) is 6.07 Å². The number of aromatic nitrogens is 1. The third-order valence-corrected chi connectivity index (χ3v) is 1.69. The van der Waals surface area contributed by atoms with Crippen LogP contribution in [-0.4, -0.2) is 21.6 Å². The van der Waals surface area contributed by atoms with Crippen LogP contribution >= 0.6 is 0 Å². The molecule has 76 valence electrons. The van der Waals surface area contributed by atoms with E-state index < -0.39 is 4.92 Å². The van der Waals surface area contributed by atoms with Crippen LogP contribution in [0.25, 0.3) is 0 Å². The zero-order valence-corrected chi connectivity index (χ0v) is 7.30. The quantitative estimate of drug-likeness (QED) is 0.451. The number of pyridine rings is 1. The molecule has 0 radical (unpaired) electrons. The minimum atomic E-state index is -0.652.